The lowest BCUT2D eigenvalue weighted by atomic mass is 9.93. The second-order valence-corrected chi connectivity index (χ2v) is 30.2. The van der Waals surface area contributed by atoms with Crippen molar-refractivity contribution in [2.45, 2.75) is 0 Å². The van der Waals surface area contributed by atoms with Gasteiger partial charge >= 0.3 is 7.66 Å². The highest BCUT2D eigenvalue weighted by Gasteiger charge is 2.51. The van der Waals surface area contributed by atoms with E-state index in [0.717, 1.165) is 0 Å². The molecule has 216 valence electrons. The van der Waals surface area contributed by atoms with Gasteiger partial charge in [0.25, 0.3) is 0 Å². The lowest BCUT2D eigenvalue weighted by Crippen LogP contribution is -2.45. The van der Waals surface area contributed by atoms with Crippen molar-refractivity contribution in [2.24, 2.45) is 28.0 Å². The Labute approximate surface area is 238 Å². The summed E-state index contributed by atoms with van der Waals surface area (Å²) in [7, 11) is 8.60. The highest BCUT2D eigenvalue weighted by molar-refractivity contribution is 8.13. The summed E-state index contributed by atoms with van der Waals surface area (Å²) in [5, 5.41) is 0. The third kappa shape index (κ3) is 6.19. The van der Waals surface area contributed by atoms with Gasteiger partial charge in [-0.1, -0.05) is 11.2 Å². The molecular formula is C14H33Cl4N9O4P6. The number of rotatable bonds is 4. The van der Waals surface area contributed by atoms with Gasteiger partial charge in [0, 0.05) is 0 Å². The summed E-state index contributed by atoms with van der Waals surface area (Å²) in [5.74, 6) is 0. The Bertz CT molecular complexity index is 1170. The van der Waals surface area contributed by atoms with Crippen LogP contribution in [0, 0.1) is 5.41 Å². The zero-order valence-corrected chi connectivity index (χ0v) is 30.1. The van der Waals surface area contributed by atoms with Crippen LogP contribution < -0.4 is 0 Å². The molecule has 37 heavy (non-hydrogen) atoms. The SMILES string of the molecule is CN(C)P1(Cl)=NP(Cl)(N(C)C)=NP2(=C1)OCC1(CO2)COP2(=NP(Cl)(N(C)C)=NP(Cl)(N(C)C)=N2)OC1. The van der Waals surface area contributed by atoms with Crippen LogP contribution in [0.3, 0.4) is 0 Å². The number of nitrogens with zero attached hydrogens (tertiary/aromatic N) is 9. The highest BCUT2D eigenvalue weighted by Crippen LogP contribution is 2.85. The van der Waals surface area contributed by atoms with Gasteiger partial charge in [-0.3, -0.25) is 4.67 Å². The van der Waals surface area contributed by atoms with Crippen molar-refractivity contribution in [1.29, 1.82) is 0 Å². The van der Waals surface area contributed by atoms with Crippen molar-refractivity contribution < 1.29 is 18.1 Å². The van der Waals surface area contributed by atoms with E-state index >= 15 is 0 Å². The molecule has 0 saturated carbocycles. The first-order valence-corrected chi connectivity index (χ1v) is 24.4. The van der Waals surface area contributed by atoms with E-state index in [-0.39, 0.29) is 26.4 Å². The molecule has 4 atom stereocenters. The van der Waals surface area contributed by atoms with Gasteiger partial charge in [0.1, 0.15) is 0 Å². The largest absolute Gasteiger partial charge is 0.345 e. The van der Waals surface area contributed by atoms with Gasteiger partial charge in [-0.2, -0.15) is 18.1 Å². The molecule has 4 heterocycles. The second-order valence-electron chi connectivity index (χ2n) is 9.65. The maximum Gasteiger partial charge on any atom is 0.345 e. The molecule has 0 aliphatic carbocycles. The summed E-state index contributed by atoms with van der Waals surface area (Å²) < 4.78 is 56.2. The molecule has 0 aromatic heterocycles. The lowest BCUT2D eigenvalue weighted by Gasteiger charge is -2.46. The van der Waals surface area contributed by atoms with Gasteiger partial charge in [-0.25, -0.2) is 18.5 Å². The average Bonchev–Trinajstić information content (AvgIpc) is 2.77. The predicted molar refractivity (Wildman–Crippen MR) is 164 cm³/mol. The fourth-order valence-electron chi connectivity index (χ4n) is 3.16. The second kappa shape index (κ2) is 10.8. The monoisotopic (exact) mass is 717 g/mol. The Morgan fingerprint density at radius 3 is 1.46 bits per heavy atom. The summed E-state index contributed by atoms with van der Waals surface area (Å²) in [6.45, 7) is -10.1. The van der Waals surface area contributed by atoms with E-state index in [9.17, 15) is 0 Å². The zero-order chi connectivity index (χ0) is 27.7. The molecule has 4 unspecified atom stereocenters. The maximum absolute atomic E-state index is 6.97. The Morgan fingerprint density at radius 1 is 0.568 bits per heavy atom. The minimum absolute atomic E-state index is 0.233. The van der Waals surface area contributed by atoms with E-state index < -0.39 is 47.2 Å². The quantitative estimate of drug-likeness (QED) is 0.266. The van der Waals surface area contributed by atoms with Crippen LogP contribution >= 0.6 is 86.8 Å². The zero-order valence-electron chi connectivity index (χ0n) is 21.8. The third-order valence-corrected chi connectivity index (χ3v) is 32.1. The Hall–Kier alpha value is 2.29. The average molecular weight is 719 g/mol. The van der Waals surface area contributed by atoms with Gasteiger partial charge in [0.2, 0.25) is 27.6 Å². The summed E-state index contributed by atoms with van der Waals surface area (Å²) in [6.07, 6.45) is 0. The third-order valence-electron chi connectivity index (χ3n) is 5.73. The number of halogens is 4. The van der Waals surface area contributed by atoms with Crippen molar-refractivity contribution in [1.82, 2.24) is 18.7 Å². The minimum atomic E-state index is -3.12. The molecule has 23 heteroatoms. The van der Waals surface area contributed by atoms with Crippen molar-refractivity contribution in [3.63, 3.8) is 0 Å². The van der Waals surface area contributed by atoms with Crippen LogP contribution in [0.1, 0.15) is 0 Å². The molecule has 2 fully saturated rings. The van der Waals surface area contributed by atoms with Crippen LogP contribution in [0.25, 0.3) is 0 Å². The molecule has 4 aliphatic rings. The van der Waals surface area contributed by atoms with E-state index in [1.807, 2.05) is 38.4 Å². The molecule has 0 aromatic carbocycles. The van der Waals surface area contributed by atoms with Crippen LogP contribution in [-0.4, -0.2) is 107 Å². The molecule has 2 saturated heterocycles. The lowest BCUT2D eigenvalue weighted by molar-refractivity contribution is -0.0562. The molecule has 0 amide bonds. The Kier molecular flexibility index (Phi) is 9.38. The highest BCUT2D eigenvalue weighted by atomic mass is 35.7. The Balaban J connectivity index is 1.64. The first-order valence-electron chi connectivity index (χ1n) is 10.9. The summed E-state index contributed by atoms with van der Waals surface area (Å²) in [4.78, 5) is 0. The van der Waals surface area contributed by atoms with Gasteiger partial charge in [0.15, 0.2) is 6.56 Å². The van der Waals surface area contributed by atoms with Gasteiger partial charge in [-0.05, 0) is 90.1 Å². The molecule has 0 aromatic rings. The normalized spacial score (nSPS) is 48.0. The topological polar surface area (TPSA) is 112 Å². The molecule has 0 radical (unpaired) electrons. The molecule has 0 bridgehead atoms. The predicted octanol–water partition coefficient (Wildman–Crippen LogP) is 8.63. The molecule has 4 aliphatic heterocycles. The van der Waals surface area contributed by atoms with Crippen molar-refractivity contribution in [3.8, 4) is 0 Å². The van der Waals surface area contributed by atoms with Crippen LogP contribution in [0.5, 0.6) is 0 Å². The molecule has 13 nitrogen and oxygen atoms in total. The van der Waals surface area contributed by atoms with Crippen LogP contribution in [0.4, 0.5) is 0 Å². The van der Waals surface area contributed by atoms with Gasteiger partial charge < -0.3 is 18.1 Å². The molecule has 3 spiro atoms. The van der Waals surface area contributed by atoms with Crippen LogP contribution in [-0.2, 0) is 18.1 Å². The molecular weight excluding hydrogens is 686 g/mol. The van der Waals surface area contributed by atoms with E-state index in [1.54, 1.807) is 42.2 Å². The standard InChI is InChI=1S/C14H33Cl4N9O4P6/c1-24(2)32(15)13-33(20-34(16,19-32)25(3)4)28-9-14(10-29-33)11-30-37(31-12-14)22-35(17,26(5)6)21-36(18,23-37)27(7)8/h13H,9-12H2,1-8H3. The minimum Gasteiger partial charge on any atom is -0.320 e. The first-order chi connectivity index (χ1) is 16.8. The summed E-state index contributed by atoms with van der Waals surface area (Å²) in [5.41, 5.74) is 1.24. The van der Waals surface area contributed by atoms with Gasteiger partial charge in [0.05, 0.1) is 37.4 Å². The Morgan fingerprint density at radius 2 is 1.00 bits per heavy atom. The van der Waals surface area contributed by atoms with Gasteiger partial charge in [-0.15, -0.1) is 0 Å². The maximum atomic E-state index is 6.97. The van der Waals surface area contributed by atoms with Crippen molar-refractivity contribution in [2.75, 3.05) is 82.8 Å². The molecule has 4 rings (SSSR count). The smallest absolute Gasteiger partial charge is 0.320 e. The summed E-state index contributed by atoms with van der Waals surface area (Å²) in [6, 6.07) is 0. The summed E-state index contributed by atoms with van der Waals surface area (Å²) >= 11 is 27.6. The van der Waals surface area contributed by atoms with Crippen molar-refractivity contribution in [3.05, 3.63) is 0 Å². The first kappa shape index (κ1) is 32.2. The van der Waals surface area contributed by atoms with E-state index in [1.165, 1.54) is 0 Å². The fraction of sp³-hybridized carbons (Fsp3) is 0.929. The number of hydrogen-bond donors (Lipinski definition) is 0. The number of hydrogen-bond acceptors (Lipinski definition) is 13. The van der Waals surface area contributed by atoms with E-state index in [2.05, 4.69) is 4.52 Å². The van der Waals surface area contributed by atoms with Crippen molar-refractivity contribution >= 4 is 92.3 Å². The molecule has 0 N–H and O–H groups in total. The van der Waals surface area contributed by atoms with E-state index in [0.29, 0.717) is 0 Å². The van der Waals surface area contributed by atoms with Crippen LogP contribution in [0.15, 0.2) is 22.6 Å². The fourth-order valence-corrected chi connectivity index (χ4v) is 30.2. The van der Waals surface area contributed by atoms with E-state index in [4.69, 9.17) is 81.1 Å². The van der Waals surface area contributed by atoms with Crippen LogP contribution in [0.2, 0.25) is 0 Å².